The fourth-order valence-electron chi connectivity index (χ4n) is 4.12. The Balaban J connectivity index is 1.31. The van der Waals surface area contributed by atoms with E-state index in [0.717, 1.165) is 57.0 Å². The monoisotopic (exact) mass is 363 g/mol. The van der Waals surface area contributed by atoms with Crippen molar-refractivity contribution in [2.45, 2.75) is 57.1 Å². The van der Waals surface area contributed by atoms with Crippen molar-refractivity contribution in [3.8, 4) is 5.75 Å². The van der Waals surface area contributed by atoms with E-state index >= 15 is 0 Å². The third kappa shape index (κ3) is 5.87. The molecular formula is C20H30FN3O2. The number of halogens is 1. The Morgan fingerprint density at radius 2 is 1.77 bits per heavy atom. The number of nitrogens with one attached hydrogen (secondary N) is 1. The van der Waals surface area contributed by atoms with Gasteiger partial charge in [-0.3, -0.25) is 0 Å². The number of nitrogens with zero attached hydrogens (tertiary/aromatic N) is 1. The van der Waals surface area contributed by atoms with Gasteiger partial charge in [0, 0.05) is 19.1 Å². The molecule has 3 rings (SSSR count). The van der Waals surface area contributed by atoms with Gasteiger partial charge in [0.05, 0.1) is 0 Å². The van der Waals surface area contributed by atoms with E-state index in [1.807, 2.05) is 0 Å². The highest BCUT2D eigenvalue weighted by molar-refractivity contribution is 5.71. The van der Waals surface area contributed by atoms with Crippen LogP contribution in [0.3, 0.4) is 0 Å². The fraction of sp³-hybridized carbons (Fsp3) is 0.650. The average molecular weight is 363 g/mol. The predicted octanol–water partition coefficient (Wildman–Crippen LogP) is 3.29. The molecule has 1 aromatic rings. The Labute approximate surface area is 155 Å². The van der Waals surface area contributed by atoms with E-state index in [2.05, 4.69) is 10.2 Å². The van der Waals surface area contributed by atoms with Crippen molar-refractivity contribution in [3.05, 3.63) is 30.1 Å². The number of urea groups is 1. The third-order valence-electron chi connectivity index (χ3n) is 5.70. The number of piperidine rings is 1. The third-order valence-corrected chi connectivity index (χ3v) is 5.70. The molecule has 2 amide bonds. The zero-order valence-corrected chi connectivity index (χ0v) is 15.3. The zero-order chi connectivity index (χ0) is 18.4. The lowest BCUT2D eigenvalue weighted by Crippen LogP contribution is -2.41. The van der Waals surface area contributed by atoms with E-state index in [1.165, 1.54) is 31.4 Å². The van der Waals surface area contributed by atoms with Crippen LogP contribution in [0.5, 0.6) is 5.75 Å². The van der Waals surface area contributed by atoms with Gasteiger partial charge < -0.3 is 20.7 Å². The second kappa shape index (κ2) is 9.21. The molecule has 3 N–H and O–H groups in total. The molecule has 6 heteroatoms. The lowest BCUT2D eigenvalue weighted by Gasteiger charge is -2.34. The first kappa shape index (κ1) is 19.0. The minimum atomic E-state index is -0.404. The number of hydrogen-bond donors (Lipinski definition) is 2. The summed E-state index contributed by atoms with van der Waals surface area (Å²) in [5.41, 5.74) is 5.20. The normalized spacial score (nSPS) is 25.0. The first-order valence-corrected chi connectivity index (χ1v) is 9.79. The largest absolute Gasteiger partial charge is 0.490 e. The van der Waals surface area contributed by atoms with E-state index in [1.54, 1.807) is 12.1 Å². The molecule has 5 nitrogen and oxygen atoms in total. The van der Waals surface area contributed by atoms with Gasteiger partial charge >= 0.3 is 6.03 Å². The molecule has 0 radical (unpaired) electrons. The van der Waals surface area contributed by atoms with Crippen LogP contribution in [-0.2, 0) is 0 Å². The van der Waals surface area contributed by atoms with Crippen LogP contribution in [0.15, 0.2) is 24.3 Å². The van der Waals surface area contributed by atoms with Crippen LogP contribution in [0, 0.1) is 11.7 Å². The van der Waals surface area contributed by atoms with Crippen LogP contribution in [0.25, 0.3) is 0 Å². The van der Waals surface area contributed by atoms with Crippen molar-refractivity contribution >= 4 is 6.03 Å². The van der Waals surface area contributed by atoms with Crippen LogP contribution in [0.2, 0.25) is 0 Å². The Kier molecular flexibility index (Phi) is 6.72. The SMILES string of the molecule is NC(=O)NC1CCC(CCN2CCC(Oc3ccc(F)cc3)CC2)CC1. The first-order valence-electron chi connectivity index (χ1n) is 9.79. The van der Waals surface area contributed by atoms with Gasteiger partial charge in [0.1, 0.15) is 17.7 Å². The van der Waals surface area contributed by atoms with Gasteiger partial charge in [-0.2, -0.15) is 0 Å². The summed E-state index contributed by atoms with van der Waals surface area (Å²) >= 11 is 0. The van der Waals surface area contributed by atoms with E-state index in [4.69, 9.17) is 10.5 Å². The summed E-state index contributed by atoms with van der Waals surface area (Å²) < 4.78 is 18.9. The quantitative estimate of drug-likeness (QED) is 0.815. The Morgan fingerprint density at radius 1 is 1.12 bits per heavy atom. The molecule has 1 aliphatic heterocycles. The maximum absolute atomic E-state index is 12.9. The number of nitrogens with two attached hydrogens (primary N) is 1. The topological polar surface area (TPSA) is 67.6 Å². The number of carbonyl (C=O) groups excluding carboxylic acids is 1. The second-order valence-corrected chi connectivity index (χ2v) is 7.63. The second-order valence-electron chi connectivity index (χ2n) is 7.63. The standard InChI is InChI=1S/C20H30FN3O2/c21-16-3-7-18(8-4-16)26-19-10-13-24(14-11-19)12-9-15-1-5-17(6-2-15)23-20(22)25/h3-4,7-8,15,17,19H,1-2,5-6,9-14H2,(H3,22,23,25). The van der Waals surface area contributed by atoms with Crippen LogP contribution in [-0.4, -0.2) is 42.7 Å². The number of benzene rings is 1. The van der Waals surface area contributed by atoms with Crippen LogP contribution >= 0.6 is 0 Å². The molecule has 144 valence electrons. The molecule has 0 spiro atoms. The van der Waals surface area contributed by atoms with E-state index in [9.17, 15) is 9.18 Å². The highest BCUT2D eigenvalue weighted by Gasteiger charge is 2.24. The molecule has 26 heavy (non-hydrogen) atoms. The van der Waals surface area contributed by atoms with Gasteiger partial charge in [-0.15, -0.1) is 0 Å². The molecule has 1 saturated carbocycles. The molecule has 0 aromatic heterocycles. The molecule has 1 aromatic carbocycles. The summed E-state index contributed by atoms with van der Waals surface area (Å²) in [6, 6.07) is 6.15. The Hall–Kier alpha value is -1.82. The van der Waals surface area contributed by atoms with Gasteiger partial charge in [-0.05, 0) is 81.7 Å². The lowest BCUT2D eigenvalue weighted by atomic mass is 9.84. The summed E-state index contributed by atoms with van der Waals surface area (Å²) in [4.78, 5) is 13.4. The highest BCUT2D eigenvalue weighted by Crippen LogP contribution is 2.27. The minimum Gasteiger partial charge on any atom is -0.490 e. The molecule has 0 atom stereocenters. The summed E-state index contributed by atoms with van der Waals surface area (Å²) in [5, 5.41) is 2.83. The number of primary amides is 1. The average Bonchev–Trinajstić information content (AvgIpc) is 2.64. The summed E-state index contributed by atoms with van der Waals surface area (Å²) in [7, 11) is 0. The van der Waals surface area contributed by atoms with E-state index in [0.29, 0.717) is 0 Å². The maximum atomic E-state index is 12.9. The predicted molar refractivity (Wildman–Crippen MR) is 99.6 cm³/mol. The van der Waals surface area contributed by atoms with Crippen molar-refractivity contribution in [3.63, 3.8) is 0 Å². The Morgan fingerprint density at radius 3 is 2.38 bits per heavy atom. The van der Waals surface area contributed by atoms with E-state index in [-0.39, 0.29) is 18.0 Å². The smallest absolute Gasteiger partial charge is 0.312 e. The maximum Gasteiger partial charge on any atom is 0.312 e. The molecule has 0 bridgehead atoms. The lowest BCUT2D eigenvalue weighted by molar-refractivity contribution is 0.0950. The van der Waals surface area contributed by atoms with Crippen molar-refractivity contribution in [1.29, 1.82) is 0 Å². The molecule has 2 aliphatic rings. The van der Waals surface area contributed by atoms with Crippen LogP contribution < -0.4 is 15.8 Å². The molecule has 0 unspecified atom stereocenters. The van der Waals surface area contributed by atoms with Crippen molar-refractivity contribution < 1.29 is 13.9 Å². The number of ether oxygens (including phenoxy) is 1. The minimum absolute atomic E-state index is 0.229. The summed E-state index contributed by atoms with van der Waals surface area (Å²) in [6.07, 6.45) is 7.94. The molecule has 2 fully saturated rings. The number of likely N-dealkylation sites (tertiary alicyclic amines) is 1. The van der Waals surface area contributed by atoms with Crippen LogP contribution in [0.1, 0.15) is 44.9 Å². The number of amides is 2. The van der Waals surface area contributed by atoms with E-state index < -0.39 is 6.03 Å². The van der Waals surface area contributed by atoms with Crippen molar-refractivity contribution in [1.82, 2.24) is 10.2 Å². The molecule has 1 aliphatic carbocycles. The van der Waals surface area contributed by atoms with Gasteiger partial charge in [0.25, 0.3) is 0 Å². The number of carbonyl (C=O) groups is 1. The molecular weight excluding hydrogens is 333 g/mol. The highest BCUT2D eigenvalue weighted by atomic mass is 19.1. The van der Waals surface area contributed by atoms with Crippen LogP contribution in [0.4, 0.5) is 9.18 Å². The first-order chi connectivity index (χ1) is 12.6. The summed E-state index contributed by atoms with van der Waals surface area (Å²) in [6.45, 7) is 3.26. The van der Waals surface area contributed by atoms with Gasteiger partial charge in [0.15, 0.2) is 0 Å². The number of hydrogen-bond acceptors (Lipinski definition) is 3. The van der Waals surface area contributed by atoms with Gasteiger partial charge in [-0.25, -0.2) is 9.18 Å². The van der Waals surface area contributed by atoms with Gasteiger partial charge in [-0.1, -0.05) is 0 Å². The van der Waals surface area contributed by atoms with Crippen molar-refractivity contribution in [2.75, 3.05) is 19.6 Å². The summed E-state index contributed by atoms with van der Waals surface area (Å²) in [5.74, 6) is 1.28. The molecule has 1 saturated heterocycles. The molecule has 1 heterocycles. The fourth-order valence-corrected chi connectivity index (χ4v) is 4.12. The van der Waals surface area contributed by atoms with Crippen molar-refractivity contribution in [2.24, 2.45) is 11.7 Å². The van der Waals surface area contributed by atoms with Gasteiger partial charge in [0.2, 0.25) is 0 Å². The zero-order valence-electron chi connectivity index (χ0n) is 15.3. The Bertz CT molecular complexity index is 565. The number of rotatable bonds is 6.